The second-order valence-electron chi connectivity index (χ2n) is 4.65. The van der Waals surface area contributed by atoms with Crippen LogP contribution in [0.15, 0.2) is 22.7 Å². The first-order valence-corrected chi connectivity index (χ1v) is 6.69. The average Bonchev–Trinajstić information content (AvgIpc) is 2.61. The molecule has 90 valence electrons. The molecule has 0 fully saturated rings. The predicted octanol–water partition coefficient (Wildman–Crippen LogP) is 3.56. The summed E-state index contributed by atoms with van der Waals surface area (Å²) in [5.74, 6) is 0.207. The van der Waals surface area contributed by atoms with E-state index in [9.17, 15) is 9.59 Å². The van der Waals surface area contributed by atoms with Crippen LogP contribution in [0.25, 0.3) is 0 Å². The first kappa shape index (κ1) is 12.5. The first-order valence-electron chi connectivity index (χ1n) is 5.90. The molecule has 0 spiro atoms. The summed E-state index contributed by atoms with van der Waals surface area (Å²) in [7, 11) is 0. The lowest BCUT2D eigenvalue weighted by Crippen LogP contribution is -2.27. The summed E-state index contributed by atoms with van der Waals surface area (Å²) in [4.78, 5) is 23.0. The molecule has 1 aromatic carbocycles. The van der Waals surface area contributed by atoms with Crippen LogP contribution in [0, 0.1) is 5.41 Å². The van der Waals surface area contributed by atoms with Gasteiger partial charge in [0.2, 0.25) is 0 Å². The lowest BCUT2D eigenvalue weighted by Gasteiger charge is -2.24. The molecule has 1 atom stereocenters. The van der Waals surface area contributed by atoms with Crippen LogP contribution in [0.4, 0.5) is 0 Å². The topological polar surface area (TPSA) is 34.1 Å². The molecule has 0 bridgehead atoms. The van der Waals surface area contributed by atoms with Crippen molar-refractivity contribution in [2.75, 3.05) is 0 Å². The molecule has 0 radical (unpaired) electrons. The van der Waals surface area contributed by atoms with Gasteiger partial charge in [0.05, 0.1) is 0 Å². The molecule has 0 amide bonds. The van der Waals surface area contributed by atoms with Crippen molar-refractivity contribution in [2.24, 2.45) is 5.41 Å². The number of hydrogen-bond acceptors (Lipinski definition) is 2. The van der Waals surface area contributed by atoms with E-state index in [1.54, 1.807) is 0 Å². The second kappa shape index (κ2) is 4.73. The fourth-order valence-electron chi connectivity index (χ4n) is 2.64. The van der Waals surface area contributed by atoms with E-state index in [-0.39, 0.29) is 11.2 Å². The molecule has 0 saturated carbocycles. The third kappa shape index (κ3) is 2.08. The van der Waals surface area contributed by atoms with Gasteiger partial charge in [0.1, 0.15) is 6.29 Å². The van der Waals surface area contributed by atoms with Crippen molar-refractivity contribution >= 4 is 28.0 Å². The van der Waals surface area contributed by atoms with Crippen LogP contribution in [-0.4, -0.2) is 12.1 Å². The van der Waals surface area contributed by atoms with Gasteiger partial charge in [0, 0.05) is 21.9 Å². The monoisotopic (exact) mass is 294 g/mol. The number of fused-ring (bicyclic) bond motifs is 1. The summed E-state index contributed by atoms with van der Waals surface area (Å²) in [6.07, 6.45) is 3.61. The highest BCUT2D eigenvalue weighted by Crippen LogP contribution is 2.43. The third-order valence-electron chi connectivity index (χ3n) is 3.74. The quantitative estimate of drug-likeness (QED) is 0.796. The van der Waals surface area contributed by atoms with Gasteiger partial charge in [-0.15, -0.1) is 0 Å². The summed E-state index contributed by atoms with van der Waals surface area (Å²) in [6, 6.07) is 5.88. The zero-order valence-corrected chi connectivity index (χ0v) is 11.4. The number of carbonyl (C=O) groups is 2. The molecule has 1 aliphatic rings. The second-order valence-corrected chi connectivity index (χ2v) is 5.56. The van der Waals surface area contributed by atoms with Crippen molar-refractivity contribution in [3.05, 3.63) is 33.8 Å². The number of ketones is 1. The molecule has 0 aromatic heterocycles. The number of aldehydes is 1. The van der Waals surface area contributed by atoms with Crippen LogP contribution in [0.1, 0.15) is 42.1 Å². The maximum absolute atomic E-state index is 12.5. The molecule has 1 unspecified atom stereocenters. The number of carbonyl (C=O) groups excluding carboxylic acids is 2. The van der Waals surface area contributed by atoms with Crippen LogP contribution in [0.2, 0.25) is 0 Å². The standard InChI is InChI=1S/C14H15BrO2/c1-2-14(6-3-7-16)9-10-4-5-11(15)8-12(10)13(14)17/h4-5,7-8H,2-3,6,9H2,1H3. The Hall–Kier alpha value is -0.960. The molecule has 1 aliphatic carbocycles. The lowest BCUT2D eigenvalue weighted by atomic mass is 9.77. The Morgan fingerprint density at radius 1 is 1.47 bits per heavy atom. The summed E-state index contributed by atoms with van der Waals surface area (Å²) >= 11 is 3.40. The number of halogens is 1. The highest BCUT2D eigenvalue weighted by Gasteiger charge is 2.43. The fourth-order valence-corrected chi connectivity index (χ4v) is 3.01. The molecule has 2 rings (SSSR count). The Morgan fingerprint density at radius 2 is 2.24 bits per heavy atom. The van der Waals surface area contributed by atoms with Gasteiger partial charge >= 0.3 is 0 Å². The van der Waals surface area contributed by atoms with E-state index < -0.39 is 0 Å². The molecule has 0 N–H and O–H groups in total. The van der Waals surface area contributed by atoms with Crippen LogP contribution in [0.5, 0.6) is 0 Å². The van der Waals surface area contributed by atoms with E-state index in [0.717, 1.165) is 34.7 Å². The van der Waals surface area contributed by atoms with Gasteiger partial charge in [0.25, 0.3) is 0 Å². The summed E-state index contributed by atoms with van der Waals surface area (Å²) in [5, 5.41) is 0. The third-order valence-corrected chi connectivity index (χ3v) is 4.24. The van der Waals surface area contributed by atoms with Crippen LogP contribution in [-0.2, 0) is 11.2 Å². The molecule has 0 heterocycles. The highest BCUT2D eigenvalue weighted by atomic mass is 79.9. The van der Waals surface area contributed by atoms with Crippen LogP contribution in [0.3, 0.4) is 0 Å². The minimum atomic E-state index is -0.343. The van der Waals surface area contributed by atoms with Gasteiger partial charge in [-0.3, -0.25) is 4.79 Å². The average molecular weight is 295 g/mol. The normalized spacial score (nSPS) is 22.6. The molecule has 0 aliphatic heterocycles. The number of hydrogen-bond donors (Lipinski definition) is 0. The van der Waals surface area contributed by atoms with Gasteiger partial charge in [-0.2, -0.15) is 0 Å². The van der Waals surface area contributed by atoms with Crippen LogP contribution >= 0.6 is 15.9 Å². The van der Waals surface area contributed by atoms with E-state index in [1.165, 1.54) is 0 Å². The molecular formula is C14H15BrO2. The maximum Gasteiger partial charge on any atom is 0.169 e. The smallest absolute Gasteiger partial charge is 0.169 e. The summed E-state index contributed by atoms with van der Waals surface area (Å²) < 4.78 is 0.937. The van der Waals surface area contributed by atoms with E-state index in [0.29, 0.717) is 12.8 Å². The molecule has 1 aromatic rings. The Balaban J connectivity index is 2.37. The lowest BCUT2D eigenvalue weighted by molar-refractivity contribution is -0.108. The Bertz CT molecular complexity index is 467. The van der Waals surface area contributed by atoms with E-state index in [1.807, 2.05) is 25.1 Å². The number of Topliss-reactive ketones (excluding diaryl/α,β-unsaturated/α-hetero) is 1. The zero-order chi connectivity index (χ0) is 12.5. The fraction of sp³-hybridized carbons (Fsp3) is 0.429. The first-order chi connectivity index (χ1) is 8.13. The van der Waals surface area contributed by atoms with Crippen LogP contribution < -0.4 is 0 Å². The largest absolute Gasteiger partial charge is 0.303 e. The van der Waals surface area contributed by atoms with Crippen molar-refractivity contribution in [3.8, 4) is 0 Å². The van der Waals surface area contributed by atoms with Crippen molar-refractivity contribution in [1.82, 2.24) is 0 Å². The molecule has 0 saturated heterocycles. The van der Waals surface area contributed by atoms with Crippen molar-refractivity contribution in [1.29, 1.82) is 0 Å². The van der Waals surface area contributed by atoms with Crippen molar-refractivity contribution < 1.29 is 9.59 Å². The Kier molecular flexibility index (Phi) is 3.48. The molecule has 2 nitrogen and oxygen atoms in total. The SMILES string of the molecule is CCC1(CCC=O)Cc2ccc(Br)cc2C1=O. The van der Waals surface area contributed by atoms with Gasteiger partial charge in [-0.1, -0.05) is 28.9 Å². The van der Waals surface area contributed by atoms with E-state index >= 15 is 0 Å². The van der Waals surface area contributed by atoms with Gasteiger partial charge in [0.15, 0.2) is 5.78 Å². The van der Waals surface area contributed by atoms with Gasteiger partial charge in [-0.25, -0.2) is 0 Å². The highest BCUT2D eigenvalue weighted by molar-refractivity contribution is 9.10. The van der Waals surface area contributed by atoms with E-state index in [2.05, 4.69) is 15.9 Å². The van der Waals surface area contributed by atoms with Gasteiger partial charge in [-0.05, 0) is 37.0 Å². The molecule has 17 heavy (non-hydrogen) atoms. The number of rotatable bonds is 4. The maximum atomic E-state index is 12.5. The summed E-state index contributed by atoms with van der Waals surface area (Å²) in [5.41, 5.74) is 1.60. The van der Waals surface area contributed by atoms with Crippen molar-refractivity contribution in [2.45, 2.75) is 32.6 Å². The zero-order valence-electron chi connectivity index (χ0n) is 9.83. The van der Waals surface area contributed by atoms with E-state index in [4.69, 9.17) is 0 Å². The van der Waals surface area contributed by atoms with Crippen molar-refractivity contribution in [3.63, 3.8) is 0 Å². The Labute approximate surface area is 110 Å². The molecular weight excluding hydrogens is 280 g/mol. The van der Waals surface area contributed by atoms with Gasteiger partial charge < -0.3 is 4.79 Å². The Morgan fingerprint density at radius 3 is 2.88 bits per heavy atom. The summed E-state index contributed by atoms with van der Waals surface area (Å²) in [6.45, 7) is 2.03. The predicted molar refractivity (Wildman–Crippen MR) is 70.2 cm³/mol. The minimum Gasteiger partial charge on any atom is -0.303 e. The minimum absolute atomic E-state index is 0.207. The molecule has 3 heteroatoms. The number of benzene rings is 1.